The first-order valence-electron chi connectivity index (χ1n) is 6.61. The molecule has 0 fully saturated rings. The van der Waals surface area contributed by atoms with E-state index in [1.807, 2.05) is 26.0 Å². The molecule has 6 nitrogen and oxygen atoms in total. The van der Waals surface area contributed by atoms with Crippen molar-refractivity contribution in [2.75, 3.05) is 6.61 Å². The van der Waals surface area contributed by atoms with E-state index in [9.17, 15) is 8.42 Å². The van der Waals surface area contributed by atoms with Crippen molar-refractivity contribution in [2.24, 2.45) is 0 Å². The van der Waals surface area contributed by atoms with Crippen LogP contribution < -0.4 is 4.72 Å². The van der Waals surface area contributed by atoms with Crippen LogP contribution in [0.4, 0.5) is 0 Å². The third-order valence-corrected chi connectivity index (χ3v) is 5.48. The van der Waals surface area contributed by atoms with Gasteiger partial charge in [0.15, 0.2) is 0 Å². The van der Waals surface area contributed by atoms with Crippen LogP contribution in [-0.2, 0) is 23.0 Å². The summed E-state index contributed by atoms with van der Waals surface area (Å²) in [6, 6.07) is 3.85. The summed E-state index contributed by atoms with van der Waals surface area (Å²) < 4.78 is 28.5. The molecule has 0 aromatic carbocycles. The molecule has 0 spiro atoms. The number of sulfonamides is 1. The molecular formula is C13H19N3O3S2. The zero-order valence-electron chi connectivity index (χ0n) is 12.0. The highest BCUT2D eigenvalue weighted by Gasteiger charge is 2.19. The van der Waals surface area contributed by atoms with Crippen LogP contribution in [-0.4, -0.2) is 36.0 Å². The SMILES string of the molecule is Cc1ccc(CC(C)NS(=O)(=O)c2cnn(CCO)c2)s1. The van der Waals surface area contributed by atoms with Crippen LogP contribution in [0, 0.1) is 6.92 Å². The van der Waals surface area contributed by atoms with Gasteiger partial charge in [-0.3, -0.25) is 4.68 Å². The van der Waals surface area contributed by atoms with Gasteiger partial charge in [0, 0.05) is 22.0 Å². The predicted octanol–water partition coefficient (Wildman–Crippen LogP) is 1.15. The summed E-state index contributed by atoms with van der Waals surface area (Å²) in [6.07, 6.45) is 3.36. The van der Waals surface area contributed by atoms with E-state index in [4.69, 9.17) is 5.11 Å². The number of thiophene rings is 1. The molecular weight excluding hydrogens is 310 g/mol. The van der Waals surface area contributed by atoms with Gasteiger partial charge in [-0.05, 0) is 32.4 Å². The van der Waals surface area contributed by atoms with Crippen LogP contribution in [0.3, 0.4) is 0 Å². The first-order valence-corrected chi connectivity index (χ1v) is 8.91. The van der Waals surface area contributed by atoms with Crippen LogP contribution in [0.5, 0.6) is 0 Å². The van der Waals surface area contributed by atoms with Gasteiger partial charge in [-0.2, -0.15) is 5.10 Å². The molecule has 21 heavy (non-hydrogen) atoms. The van der Waals surface area contributed by atoms with Gasteiger partial charge in [-0.25, -0.2) is 13.1 Å². The largest absolute Gasteiger partial charge is 0.394 e. The van der Waals surface area contributed by atoms with Crippen molar-refractivity contribution in [3.8, 4) is 0 Å². The van der Waals surface area contributed by atoms with Gasteiger partial charge in [0.25, 0.3) is 0 Å². The van der Waals surface area contributed by atoms with Crippen molar-refractivity contribution >= 4 is 21.4 Å². The summed E-state index contributed by atoms with van der Waals surface area (Å²) in [5.41, 5.74) is 0. The van der Waals surface area contributed by atoms with E-state index in [1.165, 1.54) is 22.0 Å². The fourth-order valence-corrected chi connectivity index (χ4v) is 4.19. The van der Waals surface area contributed by atoms with Crippen LogP contribution in [0.1, 0.15) is 16.7 Å². The van der Waals surface area contributed by atoms with Crippen LogP contribution in [0.2, 0.25) is 0 Å². The lowest BCUT2D eigenvalue weighted by Gasteiger charge is -2.12. The molecule has 0 bridgehead atoms. The second-order valence-corrected chi connectivity index (χ2v) is 7.99. The molecule has 2 aromatic rings. The van der Waals surface area contributed by atoms with Gasteiger partial charge in [0.05, 0.1) is 19.3 Å². The molecule has 116 valence electrons. The Balaban J connectivity index is 2.02. The predicted molar refractivity (Wildman–Crippen MR) is 81.9 cm³/mol. The molecule has 0 saturated heterocycles. The first-order chi connectivity index (χ1) is 9.90. The zero-order chi connectivity index (χ0) is 15.5. The van der Waals surface area contributed by atoms with Crippen molar-refractivity contribution in [1.82, 2.24) is 14.5 Å². The first kappa shape index (κ1) is 16.2. The molecule has 0 amide bonds. The Bertz CT molecular complexity index is 691. The van der Waals surface area contributed by atoms with Gasteiger partial charge in [0.2, 0.25) is 10.0 Å². The second kappa shape index (κ2) is 6.69. The topological polar surface area (TPSA) is 84.2 Å². The van der Waals surface area contributed by atoms with Gasteiger partial charge < -0.3 is 5.11 Å². The maximum atomic E-state index is 12.2. The normalized spacial score (nSPS) is 13.5. The average molecular weight is 329 g/mol. The number of aliphatic hydroxyl groups excluding tert-OH is 1. The Kier molecular flexibility index (Phi) is 5.15. The standard InChI is InChI=1S/C13H19N3O3S2/c1-10(7-12-4-3-11(2)20-12)15-21(18,19)13-8-14-16(9-13)5-6-17/h3-4,8-10,15,17H,5-7H2,1-2H3. The van der Waals surface area contributed by atoms with Crippen LogP contribution >= 0.6 is 11.3 Å². The molecule has 0 aliphatic heterocycles. The lowest BCUT2D eigenvalue weighted by Crippen LogP contribution is -2.33. The fraction of sp³-hybridized carbons (Fsp3) is 0.462. The number of aliphatic hydroxyl groups is 1. The number of hydrogen-bond donors (Lipinski definition) is 2. The molecule has 1 unspecified atom stereocenters. The Hall–Kier alpha value is -1.22. The summed E-state index contributed by atoms with van der Waals surface area (Å²) in [4.78, 5) is 2.48. The minimum absolute atomic E-state index is 0.0806. The van der Waals surface area contributed by atoms with Gasteiger partial charge in [-0.15, -0.1) is 11.3 Å². The van der Waals surface area contributed by atoms with E-state index in [0.29, 0.717) is 6.42 Å². The van der Waals surface area contributed by atoms with Crippen molar-refractivity contribution < 1.29 is 13.5 Å². The molecule has 0 radical (unpaired) electrons. The van der Waals surface area contributed by atoms with E-state index in [1.54, 1.807) is 11.3 Å². The molecule has 0 saturated carbocycles. The van der Waals surface area contributed by atoms with Gasteiger partial charge in [-0.1, -0.05) is 0 Å². The molecule has 1 atom stereocenters. The minimum Gasteiger partial charge on any atom is -0.394 e. The van der Waals surface area contributed by atoms with E-state index in [-0.39, 0.29) is 24.1 Å². The highest BCUT2D eigenvalue weighted by Crippen LogP contribution is 2.17. The summed E-state index contributed by atoms with van der Waals surface area (Å²) in [7, 11) is -3.58. The molecule has 2 heterocycles. The molecule has 2 rings (SSSR count). The van der Waals surface area contributed by atoms with Crippen molar-refractivity contribution in [1.29, 1.82) is 0 Å². The summed E-state index contributed by atoms with van der Waals surface area (Å²) in [5.74, 6) is 0. The Labute approximate surface area is 128 Å². The lowest BCUT2D eigenvalue weighted by atomic mass is 10.2. The Morgan fingerprint density at radius 2 is 2.24 bits per heavy atom. The average Bonchev–Trinajstić information content (AvgIpc) is 2.99. The van der Waals surface area contributed by atoms with Crippen LogP contribution in [0.25, 0.3) is 0 Å². The monoisotopic (exact) mass is 329 g/mol. The van der Waals surface area contributed by atoms with Crippen molar-refractivity contribution in [3.05, 3.63) is 34.3 Å². The number of aryl methyl sites for hydroxylation is 1. The number of rotatable bonds is 7. The summed E-state index contributed by atoms with van der Waals surface area (Å²) in [6.45, 7) is 4.06. The summed E-state index contributed by atoms with van der Waals surface area (Å²) in [5, 5.41) is 12.7. The minimum atomic E-state index is -3.58. The number of hydrogen-bond acceptors (Lipinski definition) is 5. The van der Waals surface area contributed by atoms with Gasteiger partial charge >= 0.3 is 0 Å². The summed E-state index contributed by atoms with van der Waals surface area (Å²) >= 11 is 1.67. The third-order valence-electron chi connectivity index (χ3n) is 2.91. The van der Waals surface area contributed by atoms with Gasteiger partial charge in [0.1, 0.15) is 4.90 Å². The quantitative estimate of drug-likeness (QED) is 0.798. The molecule has 2 N–H and O–H groups in total. The van der Waals surface area contributed by atoms with Crippen molar-refractivity contribution in [2.45, 2.75) is 37.8 Å². The second-order valence-electron chi connectivity index (χ2n) is 4.90. The van der Waals surface area contributed by atoms with Crippen LogP contribution in [0.15, 0.2) is 29.4 Å². The smallest absolute Gasteiger partial charge is 0.243 e. The molecule has 0 aliphatic carbocycles. The lowest BCUT2D eigenvalue weighted by molar-refractivity contribution is 0.269. The fourth-order valence-electron chi connectivity index (χ4n) is 1.98. The van der Waals surface area contributed by atoms with E-state index in [0.717, 1.165) is 4.88 Å². The molecule has 8 heteroatoms. The highest BCUT2D eigenvalue weighted by molar-refractivity contribution is 7.89. The highest BCUT2D eigenvalue weighted by atomic mass is 32.2. The number of aromatic nitrogens is 2. The number of nitrogens with zero attached hydrogens (tertiary/aromatic N) is 2. The van der Waals surface area contributed by atoms with Crippen molar-refractivity contribution in [3.63, 3.8) is 0 Å². The maximum absolute atomic E-state index is 12.2. The van der Waals surface area contributed by atoms with E-state index >= 15 is 0 Å². The van der Waals surface area contributed by atoms with E-state index < -0.39 is 10.0 Å². The zero-order valence-corrected chi connectivity index (χ0v) is 13.6. The number of nitrogens with one attached hydrogen (secondary N) is 1. The maximum Gasteiger partial charge on any atom is 0.243 e. The Morgan fingerprint density at radius 1 is 1.48 bits per heavy atom. The molecule has 2 aromatic heterocycles. The Morgan fingerprint density at radius 3 is 2.86 bits per heavy atom. The third kappa shape index (κ3) is 4.37. The molecule has 0 aliphatic rings. The van der Waals surface area contributed by atoms with E-state index in [2.05, 4.69) is 9.82 Å².